The zero-order valence-corrected chi connectivity index (χ0v) is 10.7. The van der Waals surface area contributed by atoms with Gasteiger partial charge < -0.3 is 19.3 Å². The van der Waals surface area contributed by atoms with Gasteiger partial charge in [0.15, 0.2) is 5.82 Å². The molecule has 98 valence electrons. The summed E-state index contributed by atoms with van der Waals surface area (Å²) in [6.45, 7) is 4.08. The molecule has 1 unspecified atom stereocenters. The van der Waals surface area contributed by atoms with Crippen LogP contribution in [0.25, 0.3) is 0 Å². The minimum atomic E-state index is 0.204. The van der Waals surface area contributed by atoms with Crippen LogP contribution in [0.4, 0.5) is 0 Å². The first-order chi connectivity index (χ1) is 8.30. The van der Waals surface area contributed by atoms with Gasteiger partial charge in [0, 0.05) is 26.7 Å². The first-order valence-corrected chi connectivity index (χ1v) is 5.82. The van der Waals surface area contributed by atoms with Gasteiger partial charge in [-0.3, -0.25) is 0 Å². The highest BCUT2D eigenvalue weighted by Crippen LogP contribution is 2.03. The lowest BCUT2D eigenvalue weighted by Gasteiger charge is -2.15. The Morgan fingerprint density at radius 1 is 1.35 bits per heavy atom. The van der Waals surface area contributed by atoms with Crippen LogP contribution in [-0.4, -0.2) is 43.6 Å². The van der Waals surface area contributed by atoms with Crippen LogP contribution < -0.4 is 5.32 Å². The third kappa shape index (κ3) is 5.25. The minimum absolute atomic E-state index is 0.204. The first-order valence-electron chi connectivity index (χ1n) is 5.82. The Morgan fingerprint density at radius 2 is 2.18 bits per heavy atom. The van der Waals surface area contributed by atoms with E-state index >= 15 is 0 Å². The molecule has 0 aliphatic carbocycles. The van der Waals surface area contributed by atoms with Crippen molar-refractivity contribution in [3.63, 3.8) is 0 Å². The van der Waals surface area contributed by atoms with Crippen LogP contribution in [0.5, 0.6) is 0 Å². The van der Waals surface area contributed by atoms with Crippen LogP contribution in [0, 0.1) is 0 Å². The zero-order chi connectivity index (χ0) is 12.5. The van der Waals surface area contributed by atoms with E-state index in [9.17, 15) is 0 Å². The standard InChI is InChI=1S/C11H21N3O3/c1-4-5-12-9(7-15-2)6-11-13-10(8-16-3)14-17-11/h9,12H,4-8H2,1-3H3. The molecule has 1 heterocycles. The molecule has 0 spiro atoms. The summed E-state index contributed by atoms with van der Waals surface area (Å²) >= 11 is 0. The molecule has 0 fully saturated rings. The van der Waals surface area contributed by atoms with Crippen molar-refractivity contribution in [1.82, 2.24) is 15.5 Å². The van der Waals surface area contributed by atoms with Crippen LogP contribution >= 0.6 is 0 Å². The summed E-state index contributed by atoms with van der Waals surface area (Å²) in [6.07, 6.45) is 1.75. The van der Waals surface area contributed by atoms with Gasteiger partial charge in [-0.1, -0.05) is 12.1 Å². The fourth-order valence-electron chi connectivity index (χ4n) is 1.51. The summed E-state index contributed by atoms with van der Waals surface area (Å²) in [5, 5.41) is 7.20. The lowest BCUT2D eigenvalue weighted by molar-refractivity contribution is 0.161. The quantitative estimate of drug-likeness (QED) is 0.691. The smallest absolute Gasteiger partial charge is 0.228 e. The molecule has 17 heavy (non-hydrogen) atoms. The van der Waals surface area contributed by atoms with Crippen molar-refractivity contribution in [1.29, 1.82) is 0 Å². The summed E-state index contributed by atoms with van der Waals surface area (Å²) in [5.74, 6) is 1.19. The molecule has 1 atom stereocenters. The second-order valence-electron chi connectivity index (χ2n) is 3.85. The normalized spacial score (nSPS) is 12.9. The zero-order valence-electron chi connectivity index (χ0n) is 10.7. The molecule has 0 aliphatic rings. The second-order valence-corrected chi connectivity index (χ2v) is 3.85. The van der Waals surface area contributed by atoms with Gasteiger partial charge in [0.25, 0.3) is 0 Å². The van der Waals surface area contributed by atoms with E-state index in [0.29, 0.717) is 31.3 Å². The first kappa shape index (κ1) is 14.1. The summed E-state index contributed by atoms with van der Waals surface area (Å²) in [5.41, 5.74) is 0. The number of nitrogens with one attached hydrogen (secondary N) is 1. The lowest BCUT2D eigenvalue weighted by Crippen LogP contribution is -2.35. The number of hydrogen-bond acceptors (Lipinski definition) is 6. The summed E-state index contributed by atoms with van der Waals surface area (Å²) in [4.78, 5) is 4.23. The molecule has 1 aromatic rings. The van der Waals surface area contributed by atoms with E-state index in [2.05, 4.69) is 22.4 Å². The van der Waals surface area contributed by atoms with Crippen molar-refractivity contribution in [2.24, 2.45) is 0 Å². The predicted molar refractivity (Wildman–Crippen MR) is 62.7 cm³/mol. The molecule has 6 heteroatoms. The molecule has 0 radical (unpaired) electrons. The largest absolute Gasteiger partial charge is 0.383 e. The molecule has 1 rings (SSSR count). The molecular formula is C11H21N3O3. The van der Waals surface area contributed by atoms with Gasteiger partial charge in [0.05, 0.1) is 6.61 Å². The van der Waals surface area contributed by atoms with Gasteiger partial charge in [-0.15, -0.1) is 0 Å². The molecule has 0 aliphatic heterocycles. The maximum atomic E-state index is 5.15. The Hall–Kier alpha value is -0.980. The van der Waals surface area contributed by atoms with Crippen molar-refractivity contribution < 1.29 is 14.0 Å². The highest BCUT2D eigenvalue weighted by Gasteiger charge is 2.13. The fourth-order valence-corrected chi connectivity index (χ4v) is 1.51. The van der Waals surface area contributed by atoms with Gasteiger partial charge in [-0.25, -0.2) is 0 Å². The molecule has 0 saturated carbocycles. The maximum absolute atomic E-state index is 5.15. The topological polar surface area (TPSA) is 69.4 Å². The van der Waals surface area contributed by atoms with E-state index < -0.39 is 0 Å². The molecule has 0 saturated heterocycles. The van der Waals surface area contributed by atoms with Gasteiger partial charge in [0.1, 0.15) is 6.61 Å². The Morgan fingerprint density at radius 3 is 2.82 bits per heavy atom. The fraction of sp³-hybridized carbons (Fsp3) is 0.818. The number of hydrogen-bond donors (Lipinski definition) is 1. The average molecular weight is 243 g/mol. The van der Waals surface area contributed by atoms with Gasteiger partial charge in [0.2, 0.25) is 5.89 Å². The molecule has 0 aromatic carbocycles. The highest BCUT2D eigenvalue weighted by molar-refractivity contribution is 4.88. The van der Waals surface area contributed by atoms with E-state index in [1.165, 1.54) is 0 Å². The third-order valence-electron chi connectivity index (χ3n) is 2.26. The Labute approximate surface area is 102 Å². The number of rotatable bonds is 9. The van der Waals surface area contributed by atoms with Crippen molar-refractivity contribution in [2.75, 3.05) is 27.4 Å². The summed E-state index contributed by atoms with van der Waals surface area (Å²) in [7, 11) is 3.29. The van der Waals surface area contributed by atoms with Crippen LogP contribution in [0.3, 0.4) is 0 Å². The number of ether oxygens (including phenoxy) is 2. The molecular weight excluding hydrogens is 222 g/mol. The second kappa shape index (κ2) is 8.16. The predicted octanol–water partition coefficient (Wildman–Crippen LogP) is 0.773. The van der Waals surface area contributed by atoms with Crippen LogP contribution in [-0.2, 0) is 22.5 Å². The van der Waals surface area contributed by atoms with Gasteiger partial charge in [-0.05, 0) is 13.0 Å². The van der Waals surface area contributed by atoms with E-state index in [1.54, 1.807) is 14.2 Å². The molecule has 1 aromatic heterocycles. The highest BCUT2D eigenvalue weighted by atomic mass is 16.5. The van der Waals surface area contributed by atoms with Crippen molar-refractivity contribution in [3.05, 3.63) is 11.7 Å². The van der Waals surface area contributed by atoms with Gasteiger partial charge in [-0.2, -0.15) is 4.98 Å². The minimum Gasteiger partial charge on any atom is -0.383 e. The molecule has 0 amide bonds. The molecule has 1 N–H and O–H groups in total. The van der Waals surface area contributed by atoms with Crippen molar-refractivity contribution in [2.45, 2.75) is 32.4 Å². The maximum Gasteiger partial charge on any atom is 0.228 e. The number of aromatic nitrogens is 2. The summed E-state index contributed by atoms with van der Waals surface area (Å²) < 4.78 is 15.2. The lowest BCUT2D eigenvalue weighted by atomic mass is 10.2. The Bertz CT molecular complexity index is 304. The third-order valence-corrected chi connectivity index (χ3v) is 2.26. The van der Waals surface area contributed by atoms with E-state index in [-0.39, 0.29) is 6.04 Å². The molecule has 6 nitrogen and oxygen atoms in total. The van der Waals surface area contributed by atoms with Crippen molar-refractivity contribution >= 4 is 0 Å². The van der Waals surface area contributed by atoms with Crippen LogP contribution in [0.1, 0.15) is 25.1 Å². The van der Waals surface area contributed by atoms with E-state index in [0.717, 1.165) is 13.0 Å². The number of methoxy groups -OCH3 is 2. The average Bonchev–Trinajstić information content (AvgIpc) is 2.74. The van der Waals surface area contributed by atoms with Crippen LogP contribution in [0.2, 0.25) is 0 Å². The summed E-state index contributed by atoms with van der Waals surface area (Å²) in [6, 6.07) is 0.204. The van der Waals surface area contributed by atoms with E-state index in [4.69, 9.17) is 14.0 Å². The Kier molecular flexibility index (Phi) is 6.76. The van der Waals surface area contributed by atoms with Gasteiger partial charge >= 0.3 is 0 Å². The number of nitrogens with zero attached hydrogens (tertiary/aromatic N) is 2. The van der Waals surface area contributed by atoms with Crippen molar-refractivity contribution in [3.8, 4) is 0 Å². The SMILES string of the molecule is CCCNC(COC)Cc1nc(COC)no1. The Balaban J connectivity index is 2.46. The van der Waals surface area contributed by atoms with E-state index in [1.807, 2.05) is 0 Å². The monoisotopic (exact) mass is 243 g/mol. The van der Waals surface area contributed by atoms with Crippen LogP contribution in [0.15, 0.2) is 4.52 Å². The molecule has 0 bridgehead atoms.